The van der Waals surface area contributed by atoms with Crippen LogP contribution in [-0.4, -0.2) is 20.9 Å². The van der Waals surface area contributed by atoms with E-state index in [0.29, 0.717) is 0 Å². The Labute approximate surface area is 91.1 Å². The van der Waals surface area contributed by atoms with Crippen LogP contribution in [0.4, 0.5) is 0 Å². The minimum absolute atomic E-state index is 0.0435. The van der Waals surface area contributed by atoms with Crippen molar-refractivity contribution in [2.24, 2.45) is 0 Å². The summed E-state index contributed by atoms with van der Waals surface area (Å²) in [6.07, 6.45) is 6.24. The van der Waals surface area contributed by atoms with Crippen LogP contribution in [0.15, 0.2) is 40.5 Å². The molecule has 1 aromatic carbocycles. The van der Waals surface area contributed by atoms with Crippen LogP contribution >= 0.6 is 0 Å². The predicted octanol–water partition coefficient (Wildman–Crippen LogP) is 2.72. The van der Waals surface area contributed by atoms with Crippen molar-refractivity contribution in [1.29, 1.82) is 0 Å². The van der Waals surface area contributed by atoms with Crippen LogP contribution in [0.3, 0.4) is 0 Å². The first-order valence-electron chi connectivity index (χ1n) is 4.80. The second-order valence-electron chi connectivity index (χ2n) is 2.94. The monoisotopic (exact) mass is 290 g/mol. The van der Waals surface area contributed by atoms with Gasteiger partial charge in [-0.05, 0) is 0 Å². The van der Waals surface area contributed by atoms with Crippen LogP contribution in [0.5, 0.6) is 0 Å². The van der Waals surface area contributed by atoms with Crippen LogP contribution in [-0.2, 0) is 0 Å². The van der Waals surface area contributed by atoms with Gasteiger partial charge in [0.15, 0.2) is 0 Å². The van der Waals surface area contributed by atoms with E-state index in [2.05, 4.69) is 47.5 Å². The van der Waals surface area contributed by atoms with Crippen molar-refractivity contribution in [3.63, 3.8) is 0 Å². The molecule has 0 saturated heterocycles. The number of hydrogen-bond donors (Lipinski definition) is 0. The van der Waals surface area contributed by atoms with Crippen LogP contribution in [0.2, 0.25) is 0 Å². The molecular formula is C12H16Te. The number of allylic oxidation sites excluding steroid dienone is 1. The zero-order chi connectivity index (χ0) is 9.36. The van der Waals surface area contributed by atoms with Gasteiger partial charge in [0.2, 0.25) is 0 Å². The summed E-state index contributed by atoms with van der Waals surface area (Å²) in [5.41, 5.74) is 0. The summed E-state index contributed by atoms with van der Waals surface area (Å²) in [6, 6.07) is 10.8. The molecule has 0 nitrogen and oxygen atoms in total. The number of unbranched alkanes of at least 4 members (excludes halogenated alkanes) is 2. The van der Waals surface area contributed by atoms with Crippen LogP contribution in [0.1, 0.15) is 26.2 Å². The van der Waals surface area contributed by atoms with Crippen LogP contribution in [0.25, 0.3) is 0 Å². The summed E-state index contributed by atoms with van der Waals surface area (Å²) in [4.78, 5) is 0. The van der Waals surface area contributed by atoms with Crippen molar-refractivity contribution >= 4 is 24.5 Å². The van der Waals surface area contributed by atoms with Crippen molar-refractivity contribution in [2.45, 2.75) is 26.2 Å². The molecule has 70 valence electrons. The van der Waals surface area contributed by atoms with E-state index in [-0.39, 0.29) is 20.9 Å². The zero-order valence-corrected chi connectivity index (χ0v) is 10.4. The third-order valence-corrected chi connectivity index (χ3v) is 4.26. The van der Waals surface area contributed by atoms with Crippen molar-refractivity contribution < 1.29 is 0 Å². The summed E-state index contributed by atoms with van der Waals surface area (Å²) in [5.74, 6) is 0. The van der Waals surface area contributed by atoms with E-state index in [0.717, 1.165) is 0 Å². The molecule has 1 heteroatoms. The summed E-state index contributed by atoms with van der Waals surface area (Å²) in [5, 5.41) is 0. The quantitative estimate of drug-likeness (QED) is 0.577. The normalized spacial score (nSPS) is 10.8. The second-order valence-corrected chi connectivity index (χ2v) is 5.74. The van der Waals surface area contributed by atoms with E-state index >= 15 is 0 Å². The van der Waals surface area contributed by atoms with Gasteiger partial charge < -0.3 is 0 Å². The van der Waals surface area contributed by atoms with Crippen LogP contribution in [0, 0.1) is 0 Å². The van der Waals surface area contributed by atoms with Crippen molar-refractivity contribution in [2.75, 3.05) is 0 Å². The first kappa shape index (κ1) is 10.8. The zero-order valence-electron chi connectivity index (χ0n) is 8.07. The third kappa shape index (κ3) is 5.13. The number of hydrogen-bond acceptors (Lipinski definition) is 0. The van der Waals surface area contributed by atoms with Gasteiger partial charge in [0.1, 0.15) is 0 Å². The molecule has 0 aliphatic rings. The van der Waals surface area contributed by atoms with Gasteiger partial charge in [0.25, 0.3) is 0 Å². The first-order valence-corrected chi connectivity index (χ1v) is 7.31. The van der Waals surface area contributed by atoms with E-state index < -0.39 is 0 Å². The Bertz CT molecular complexity index is 239. The van der Waals surface area contributed by atoms with E-state index in [1.54, 1.807) is 0 Å². The van der Waals surface area contributed by atoms with Crippen molar-refractivity contribution in [3.8, 4) is 0 Å². The first-order chi connectivity index (χ1) is 6.43. The Morgan fingerprint density at radius 3 is 2.69 bits per heavy atom. The van der Waals surface area contributed by atoms with E-state index in [1.165, 1.54) is 22.9 Å². The third-order valence-electron chi connectivity index (χ3n) is 1.77. The summed E-state index contributed by atoms with van der Waals surface area (Å²) in [6.45, 7) is 2.24. The minimum atomic E-state index is -0.0435. The average Bonchev–Trinajstić information content (AvgIpc) is 2.19. The predicted molar refractivity (Wildman–Crippen MR) is 60.5 cm³/mol. The molecule has 0 aromatic heterocycles. The molecule has 0 radical (unpaired) electrons. The van der Waals surface area contributed by atoms with Gasteiger partial charge in [-0.25, -0.2) is 0 Å². The van der Waals surface area contributed by atoms with Gasteiger partial charge >= 0.3 is 91.3 Å². The Balaban J connectivity index is 2.23. The molecule has 13 heavy (non-hydrogen) atoms. The fraction of sp³-hybridized carbons (Fsp3) is 0.333. The van der Waals surface area contributed by atoms with Gasteiger partial charge in [-0.15, -0.1) is 0 Å². The molecule has 0 aliphatic carbocycles. The topological polar surface area (TPSA) is 0 Å². The molecule has 0 bridgehead atoms. The maximum atomic E-state index is 2.40. The molecule has 0 aliphatic heterocycles. The molecule has 0 fully saturated rings. The Kier molecular flexibility index (Phi) is 5.98. The Morgan fingerprint density at radius 2 is 2.00 bits per heavy atom. The molecule has 0 saturated carbocycles. The number of benzene rings is 1. The molecule has 0 spiro atoms. The molecular weight excluding hydrogens is 272 g/mol. The van der Waals surface area contributed by atoms with E-state index in [1.807, 2.05) is 0 Å². The van der Waals surface area contributed by atoms with Crippen molar-refractivity contribution in [1.82, 2.24) is 0 Å². The molecule has 1 rings (SSSR count). The molecule has 0 amide bonds. The van der Waals surface area contributed by atoms with Gasteiger partial charge in [-0.3, -0.25) is 0 Å². The standard InChI is InChI=1S/C12H16Te/c1-2-3-4-8-11-13-12-9-6-5-7-10-12/h5-11H,2-4H2,1H3/b11-8+. The maximum absolute atomic E-state index is 2.40. The van der Waals surface area contributed by atoms with Gasteiger partial charge in [-0.1, -0.05) is 0 Å². The molecule has 0 unspecified atom stereocenters. The molecule has 0 heterocycles. The SMILES string of the molecule is CCCC/C=C/[Te]c1ccccc1. The fourth-order valence-electron chi connectivity index (χ4n) is 1.02. The van der Waals surface area contributed by atoms with Gasteiger partial charge in [0, 0.05) is 0 Å². The molecule has 1 aromatic rings. The summed E-state index contributed by atoms with van der Waals surface area (Å²) < 4.78 is 3.93. The number of rotatable bonds is 5. The van der Waals surface area contributed by atoms with E-state index in [4.69, 9.17) is 0 Å². The van der Waals surface area contributed by atoms with Gasteiger partial charge in [-0.2, -0.15) is 0 Å². The Morgan fingerprint density at radius 1 is 1.23 bits per heavy atom. The van der Waals surface area contributed by atoms with E-state index in [9.17, 15) is 0 Å². The van der Waals surface area contributed by atoms with Gasteiger partial charge in [0.05, 0.1) is 0 Å². The fourth-order valence-corrected chi connectivity index (χ4v) is 3.02. The second kappa shape index (κ2) is 7.18. The Hall–Kier alpha value is -0.250. The van der Waals surface area contributed by atoms with Crippen molar-refractivity contribution in [3.05, 3.63) is 40.5 Å². The average molecular weight is 288 g/mol. The molecule has 0 N–H and O–H groups in total. The molecule has 0 atom stereocenters. The summed E-state index contributed by atoms with van der Waals surface area (Å²) in [7, 11) is 0. The van der Waals surface area contributed by atoms with Crippen LogP contribution < -0.4 is 3.61 Å². The summed E-state index contributed by atoms with van der Waals surface area (Å²) >= 11 is -0.0435.